The van der Waals surface area contributed by atoms with Gasteiger partial charge in [0.1, 0.15) is 0 Å². The Morgan fingerprint density at radius 2 is 2.33 bits per heavy atom. The van der Waals surface area contributed by atoms with Crippen LogP contribution >= 0.6 is 11.3 Å². The molecule has 1 aliphatic rings. The standard InChI is InChI=1S/C17H25N5OS/c1-11(2)16-20-12(10-24-16)7-8-18-17(23)21-14-5-4-6-15-13(14)9-19-22(15)3/h9-11,14H,4-8H2,1-3H3,(H2,18,21,23)/t14-/m0/s1. The number of carbonyl (C=O) groups excluding carboxylic acids is 1. The molecule has 0 unspecified atom stereocenters. The van der Waals surface area contributed by atoms with Crippen molar-refractivity contribution >= 4 is 17.4 Å². The molecule has 2 aromatic heterocycles. The van der Waals surface area contributed by atoms with Gasteiger partial charge in [-0.25, -0.2) is 9.78 Å². The molecule has 0 radical (unpaired) electrons. The number of aromatic nitrogens is 3. The minimum Gasteiger partial charge on any atom is -0.338 e. The zero-order chi connectivity index (χ0) is 17.1. The van der Waals surface area contributed by atoms with Crippen LogP contribution in [0, 0.1) is 0 Å². The minimum absolute atomic E-state index is 0.0641. The average molecular weight is 347 g/mol. The summed E-state index contributed by atoms with van der Waals surface area (Å²) in [5.74, 6) is 0.458. The molecule has 2 N–H and O–H groups in total. The van der Waals surface area contributed by atoms with Crippen LogP contribution < -0.4 is 10.6 Å². The third-order valence-electron chi connectivity index (χ3n) is 4.41. The number of thiazole rings is 1. The highest BCUT2D eigenvalue weighted by Gasteiger charge is 2.24. The summed E-state index contributed by atoms with van der Waals surface area (Å²) in [6.07, 6.45) is 5.72. The Morgan fingerprint density at radius 1 is 1.50 bits per heavy atom. The molecule has 1 atom stereocenters. The van der Waals surface area contributed by atoms with Gasteiger partial charge in [-0.3, -0.25) is 4.68 Å². The molecule has 0 spiro atoms. The van der Waals surface area contributed by atoms with Crippen molar-refractivity contribution in [3.63, 3.8) is 0 Å². The van der Waals surface area contributed by atoms with Crippen molar-refractivity contribution in [1.82, 2.24) is 25.4 Å². The monoisotopic (exact) mass is 347 g/mol. The lowest BCUT2D eigenvalue weighted by molar-refractivity contribution is 0.235. The Morgan fingerprint density at radius 3 is 3.08 bits per heavy atom. The summed E-state index contributed by atoms with van der Waals surface area (Å²) in [5.41, 5.74) is 3.44. The van der Waals surface area contributed by atoms with Crippen LogP contribution in [0.3, 0.4) is 0 Å². The molecule has 0 bridgehead atoms. The lowest BCUT2D eigenvalue weighted by atomic mass is 9.93. The van der Waals surface area contributed by atoms with Crippen LogP contribution in [0.1, 0.15) is 60.6 Å². The number of hydrogen-bond donors (Lipinski definition) is 2. The van der Waals surface area contributed by atoms with Crippen LogP contribution in [0.15, 0.2) is 11.6 Å². The quantitative estimate of drug-likeness (QED) is 0.873. The third-order valence-corrected chi connectivity index (χ3v) is 5.61. The van der Waals surface area contributed by atoms with Gasteiger partial charge in [-0.1, -0.05) is 13.8 Å². The topological polar surface area (TPSA) is 71.8 Å². The SMILES string of the molecule is CC(C)c1nc(CCNC(=O)N[C@H]2CCCc3c2cnn3C)cs1. The van der Waals surface area contributed by atoms with Crippen molar-refractivity contribution in [2.45, 2.75) is 51.5 Å². The van der Waals surface area contributed by atoms with E-state index in [0.717, 1.165) is 41.9 Å². The van der Waals surface area contributed by atoms with Gasteiger partial charge >= 0.3 is 6.03 Å². The second kappa shape index (κ2) is 7.34. The van der Waals surface area contributed by atoms with E-state index in [1.54, 1.807) is 11.3 Å². The summed E-state index contributed by atoms with van der Waals surface area (Å²) in [6, 6.07) is -0.0507. The predicted molar refractivity (Wildman–Crippen MR) is 95.3 cm³/mol. The van der Waals surface area contributed by atoms with Gasteiger partial charge in [0, 0.05) is 42.6 Å². The molecule has 130 valence electrons. The predicted octanol–water partition coefficient (Wildman–Crippen LogP) is 2.92. The Labute approximate surface area is 146 Å². The lowest BCUT2D eigenvalue weighted by Gasteiger charge is -2.23. The largest absolute Gasteiger partial charge is 0.338 e. The van der Waals surface area contributed by atoms with Crippen molar-refractivity contribution in [3.05, 3.63) is 33.5 Å². The molecule has 0 aliphatic heterocycles. The van der Waals surface area contributed by atoms with Crippen LogP contribution in [0.4, 0.5) is 4.79 Å². The van der Waals surface area contributed by atoms with Crippen molar-refractivity contribution in [2.24, 2.45) is 7.05 Å². The summed E-state index contributed by atoms with van der Waals surface area (Å²) in [5, 5.41) is 13.6. The molecule has 1 aliphatic carbocycles. The zero-order valence-electron chi connectivity index (χ0n) is 14.5. The molecular formula is C17H25N5OS. The molecular weight excluding hydrogens is 322 g/mol. The van der Waals surface area contributed by atoms with Gasteiger partial charge in [0.05, 0.1) is 22.9 Å². The van der Waals surface area contributed by atoms with Crippen LogP contribution in [0.2, 0.25) is 0 Å². The van der Waals surface area contributed by atoms with E-state index in [9.17, 15) is 4.79 Å². The van der Waals surface area contributed by atoms with E-state index in [-0.39, 0.29) is 12.1 Å². The maximum absolute atomic E-state index is 12.2. The molecule has 3 rings (SSSR count). The number of fused-ring (bicyclic) bond motifs is 1. The summed E-state index contributed by atoms with van der Waals surface area (Å²) in [7, 11) is 1.96. The number of hydrogen-bond acceptors (Lipinski definition) is 4. The Hall–Kier alpha value is -1.89. The second-order valence-corrected chi connectivity index (χ2v) is 7.49. The molecule has 0 aromatic carbocycles. The zero-order valence-corrected chi connectivity index (χ0v) is 15.3. The number of nitrogens with zero attached hydrogens (tertiary/aromatic N) is 3. The highest BCUT2D eigenvalue weighted by atomic mass is 32.1. The normalized spacial score (nSPS) is 16.9. The first-order valence-electron chi connectivity index (χ1n) is 8.54. The van der Waals surface area contributed by atoms with Gasteiger partial charge < -0.3 is 10.6 Å². The fourth-order valence-electron chi connectivity index (χ4n) is 3.07. The summed E-state index contributed by atoms with van der Waals surface area (Å²) in [4.78, 5) is 16.8. The molecule has 0 saturated carbocycles. The molecule has 7 heteroatoms. The van der Waals surface area contributed by atoms with Gasteiger partial charge in [0.25, 0.3) is 0 Å². The third kappa shape index (κ3) is 3.77. The summed E-state index contributed by atoms with van der Waals surface area (Å²) in [6.45, 7) is 4.88. The van der Waals surface area contributed by atoms with E-state index in [4.69, 9.17) is 0 Å². The Bertz CT molecular complexity index is 706. The van der Waals surface area contributed by atoms with Gasteiger partial charge in [0.15, 0.2) is 0 Å². The average Bonchev–Trinajstić information content (AvgIpc) is 3.16. The first-order valence-corrected chi connectivity index (χ1v) is 9.42. The van der Waals surface area contributed by atoms with Crippen LogP contribution in [0.25, 0.3) is 0 Å². The summed E-state index contributed by atoms with van der Waals surface area (Å²) < 4.78 is 1.91. The second-order valence-electron chi connectivity index (χ2n) is 6.60. The molecule has 2 amide bonds. The Kier molecular flexibility index (Phi) is 5.18. The molecule has 2 aromatic rings. The smallest absolute Gasteiger partial charge is 0.315 e. The maximum Gasteiger partial charge on any atom is 0.315 e. The van der Waals surface area contributed by atoms with E-state index in [0.29, 0.717) is 12.5 Å². The number of aryl methyl sites for hydroxylation is 1. The number of rotatable bonds is 5. The van der Waals surface area contributed by atoms with E-state index >= 15 is 0 Å². The number of urea groups is 1. The van der Waals surface area contributed by atoms with Crippen molar-refractivity contribution < 1.29 is 4.79 Å². The molecule has 2 heterocycles. The van der Waals surface area contributed by atoms with E-state index in [2.05, 4.69) is 39.9 Å². The molecule has 6 nitrogen and oxygen atoms in total. The fourth-order valence-corrected chi connectivity index (χ4v) is 3.94. The van der Waals surface area contributed by atoms with Crippen LogP contribution in [0.5, 0.6) is 0 Å². The Balaban J connectivity index is 1.48. The van der Waals surface area contributed by atoms with Crippen LogP contribution in [-0.4, -0.2) is 27.3 Å². The number of nitrogens with one attached hydrogen (secondary N) is 2. The highest BCUT2D eigenvalue weighted by Crippen LogP contribution is 2.28. The van der Waals surface area contributed by atoms with Crippen molar-refractivity contribution in [2.75, 3.05) is 6.54 Å². The molecule has 24 heavy (non-hydrogen) atoms. The van der Waals surface area contributed by atoms with E-state index < -0.39 is 0 Å². The minimum atomic E-state index is -0.115. The van der Waals surface area contributed by atoms with Gasteiger partial charge in [-0.2, -0.15) is 5.10 Å². The first-order chi connectivity index (χ1) is 11.5. The van der Waals surface area contributed by atoms with Gasteiger partial charge in [-0.05, 0) is 19.3 Å². The number of carbonyl (C=O) groups is 1. The maximum atomic E-state index is 12.2. The molecule has 0 saturated heterocycles. The van der Waals surface area contributed by atoms with Crippen LogP contribution in [-0.2, 0) is 19.9 Å². The first kappa shape index (κ1) is 17.0. The van der Waals surface area contributed by atoms with E-state index in [1.807, 2.05) is 17.9 Å². The van der Waals surface area contributed by atoms with Crippen molar-refractivity contribution in [3.8, 4) is 0 Å². The van der Waals surface area contributed by atoms with Gasteiger partial charge in [-0.15, -0.1) is 11.3 Å². The summed E-state index contributed by atoms with van der Waals surface area (Å²) >= 11 is 1.69. The fraction of sp³-hybridized carbons (Fsp3) is 0.588. The van der Waals surface area contributed by atoms with E-state index in [1.165, 1.54) is 5.69 Å². The molecule has 0 fully saturated rings. The highest BCUT2D eigenvalue weighted by molar-refractivity contribution is 7.09. The number of amides is 2. The van der Waals surface area contributed by atoms with Gasteiger partial charge in [0.2, 0.25) is 0 Å². The lowest BCUT2D eigenvalue weighted by Crippen LogP contribution is -2.39. The van der Waals surface area contributed by atoms with Crippen molar-refractivity contribution in [1.29, 1.82) is 0 Å².